The van der Waals surface area contributed by atoms with E-state index in [0.29, 0.717) is 27.6 Å². The molecule has 25 heavy (non-hydrogen) atoms. The van der Waals surface area contributed by atoms with E-state index in [1.807, 2.05) is 12.1 Å². The Morgan fingerprint density at radius 2 is 1.08 bits per heavy atom. The molecule has 3 rings (SSSR count). The van der Waals surface area contributed by atoms with Gasteiger partial charge >= 0.3 is 15.4 Å². The summed E-state index contributed by atoms with van der Waals surface area (Å²) in [6.45, 7) is 0. The topological polar surface area (TPSA) is 68.2 Å². The van der Waals surface area contributed by atoms with Crippen LogP contribution in [-0.4, -0.2) is 37.6 Å². The molecule has 1 aromatic rings. The maximum absolute atomic E-state index is 7.53. The van der Waals surface area contributed by atoms with Crippen LogP contribution in [0, 0.1) is 0 Å². The summed E-state index contributed by atoms with van der Waals surface area (Å²) in [6, 6.07) is 8.22. The first-order valence-corrected chi connectivity index (χ1v) is 9.33. The Hall–Kier alpha value is -1.17. The second-order valence-electron chi connectivity index (χ2n) is 6.55. The van der Waals surface area contributed by atoms with Crippen LogP contribution in [0.1, 0.15) is 64.2 Å². The van der Waals surface area contributed by atoms with E-state index in [0.717, 1.165) is 11.5 Å². The number of benzene rings is 1. The lowest BCUT2D eigenvalue weighted by Crippen LogP contribution is -2.22. The van der Waals surface area contributed by atoms with Crippen molar-refractivity contribution in [2.45, 2.75) is 76.4 Å². The molecule has 0 heterocycles. The number of para-hydroxylation sites is 2. The Labute approximate surface area is 152 Å². The molecule has 2 fully saturated rings. The molecule has 0 spiro atoms. The van der Waals surface area contributed by atoms with Crippen molar-refractivity contribution < 1.29 is 24.1 Å². The molecule has 0 saturated heterocycles. The predicted octanol–water partition coefficient (Wildman–Crippen LogP) is 3.17. The van der Waals surface area contributed by atoms with Crippen LogP contribution in [0.4, 0.5) is 0 Å². The van der Waals surface area contributed by atoms with E-state index in [2.05, 4.69) is 16.7 Å². The van der Waals surface area contributed by atoms with E-state index in [1.165, 1.54) is 64.2 Å². The molecule has 2 aliphatic carbocycles. The van der Waals surface area contributed by atoms with Gasteiger partial charge in [-0.3, -0.25) is 0 Å². The normalized spacial score (nSPS) is 18.6. The minimum atomic E-state index is 0.375. The smallest absolute Gasteiger partial charge is 0.469 e. The van der Waals surface area contributed by atoms with Gasteiger partial charge in [0.05, 0.1) is 12.2 Å². The van der Waals surface area contributed by atoms with Crippen molar-refractivity contribution >= 4 is 15.4 Å². The summed E-state index contributed by atoms with van der Waals surface area (Å²) in [5.41, 5.74) is 0. The van der Waals surface area contributed by atoms with Crippen LogP contribution in [-0.2, 0) is 4.57 Å². The lowest BCUT2D eigenvalue weighted by atomic mass is 9.97. The van der Waals surface area contributed by atoms with Gasteiger partial charge in [0.2, 0.25) is 0 Å². The maximum atomic E-state index is 7.53. The highest BCUT2D eigenvalue weighted by molar-refractivity contribution is 6.32. The highest BCUT2D eigenvalue weighted by atomic mass is 16.5. The number of hydrogen-bond acceptors (Lipinski definition) is 5. The molecule has 7 heteroatoms. The second kappa shape index (κ2) is 12.2. The van der Waals surface area contributed by atoms with Gasteiger partial charge in [0.25, 0.3) is 0 Å². The van der Waals surface area contributed by atoms with E-state index >= 15 is 0 Å². The molecule has 136 valence electrons. The molecule has 5 nitrogen and oxygen atoms in total. The van der Waals surface area contributed by atoms with Crippen LogP contribution >= 0.6 is 0 Å². The SMILES string of the molecule is O[B]O[B]O.c1ccc(OC2CCCCC2)c(OC2CCCCC2)c1. The highest BCUT2D eigenvalue weighted by Crippen LogP contribution is 2.33. The van der Waals surface area contributed by atoms with Crippen LogP contribution in [0.2, 0.25) is 0 Å². The Morgan fingerprint density at radius 1 is 0.680 bits per heavy atom. The van der Waals surface area contributed by atoms with E-state index in [1.54, 1.807) is 0 Å². The zero-order valence-electron chi connectivity index (χ0n) is 14.8. The van der Waals surface area contributed by atoms with Crippen LogP contribution in [0.25, 0.3) is 0 Å². The zero-order chi connectivity index (χ0) is 17.7. The maximum Gasteiger partial charge on any atom is 0.469 e. The third-order valence-corrected chi connectivity index (χ3v) is 4.66. The highest BCUT2D eigenvalue weighted by Gasteiger charge is 2.19. The van der Waals surface area contributed by atoms with Crippen LogP contribution in [0.3, 0.4) is 0 Å². The van der Waals surface area contributed by atoms with Crippen molar-refractivity contribution in [1.29, 1.82) is 0 Å². The molecule has 2 aliphatic rings. The van der Waals surface area contributed by atoms with Gasteiger partial charge in [0.1, 0.15) is 0 Å². The van der Waals surface area contributed by atoms with Crippen LogP contribution in [0.15, 0.2) is 24.3 Å². The average molecular weight is 346 g/mol. The molecule has 2 N–H and O–H groups in total. The van der Waals surface area contributed by atoms with Gasteiger partial charge in [-0.15, -0.1) is 0 Å². The van der Waals surface area contributed by atoms with Crippen molar-refractivity contribution in [2.75, 3.05) is 0 Å². The summed E-state index contributed by atoms with van der Waals surface area (Å²) >= 11 is 0. The first-order valence-electron chi connectivity index (χ1n) is 9.33. The van der Waals surface area contributed by atoms with E-state index < -0.39 is 0 Å². The molecule has 0 aromatic heterocycles. The summed E-state index contributed by atoms with van der Waals surface area (Å²) in [5, 5.41) is 15.1. The molecular weight excluding hydrogens is 318 g/mol. The fourth-order valence-electron chi connectivity index (χ4n) is 3.40. The molecular formula is C18H28B2O5. The fraction of sp³-hybridized carbons (Fsp3) is 0.667. The molecule has 0 aliphatic heterocycles. The molecule has 1 aromatic carbocycles. The predicted molar refractivity (Wildman–Crippen MR) is 98.5 cm³/mol. The molecule has 0 amide bonds. The number of rotatable bonds is 6. The molecule has 2 saturated carbocycles. The third-order valence-electron chi connectivity index (χ3n) is 4.66. The van der Waals surface area contributed by atoms with Crippen molar-refractivity contribution in [3.05, 3.63) is 24.3 Å². The fourth-order valence-corrected chi connectivity index (χ4v) is 3.40. The van der Waals surface area contributed by atoms with Crippen molar-refractivity contribution in [3.8, 4) is 11.5 Å². The molecule has 2 radical (unpaired) electrons. The van der Waals surface area contributed by atoms with Gasteiger partial charge in [-0.25, -0.2) is 0 Å². The second-order valence-corrected chi connectivity index (χ2v) is 6.55. The molecule has 0 atom stereocenters. The summed E-state index contributed by atoms with van der Waals surface area (Å²) in [4.78, 5) is 0. The van der Waals surface area contributed by atoms with Gasteiger partial charge < -0.3 is 24.1 Å². The number of ether oxygens (including phenoxy) is 2. The van der Waals surface area contributed by atoms with Gasteiger partial charge in [-0.1, -0.05) is 25.0 Å². The van der Waals surface area contributed by atoms with Gasteiger partial charge in [-0.2, -0.15) is 0 Å². The minimum absolute atomic E-state index is 0.375. The standard InChI is InChI=1S/C18H26O2.B2H2O3/c1-3-9-15(10-4-1)19-17-13-7-8-14-18(17)20-16-11-5-2-6-12-16;3-1-5-2-4/h7-8,13-16H,1-6,9-12H2;3-4H. The number of hydrogen-bond donors (Lipinski definition) is 2. The zero-order valence-corrected chi connectivity index (χ0v) is 14.8. The Balaban J connectivity index is 0.000000399. The van der Waals surface area contributed by atoms with Crippen molar-refractivity contribution in [3.63, 3.8) is 0 Å². The Morgan fingerprint density at radius 3 is 1.40 bits per heavy atom. The minimum Gasteiger partial charge on any atom is -0.487 e. The van der Waals surface area contributed by atoms with Crippen LogP contribution in [0.5, 0.6) is 11.5 Å². The summed E-state index contributed by atoms with van der Waals surface area (Å²) < 4.78 is 16.1. The first-order chi connectivity index (χ1) is 12.3. The quantitative estimate of drug-likeness (QED) is 0.775. The molecule has 0 unspecified atom stereocenters. The van der Waals surface area contributed by atoms with Crippen molar-refractivity contribution in [2.24, 2.45) is 0 Å². The van der Waals surface area contributed by atoms with Gasteiger partial charge in [0, 0.05) is 0 Å². The summed E-state index contributed by atoms with van der Waals surface area (Å²) in [7, 11) is 0.750. The third kappa shape index (κ3) is 7.72. The molecule has 0 bridgehead atoms. The van der Waals surface area contributed by atoms with E-state index in [-0.39, 0.29) is 0 Å². The Bertz CT molecular complexity index is 422. The largest absolute Gasteiger partial charge is 0.487 e. The van der Waals surface area contributed by atoms with Gasteiger partial charge in [-0.05, 0) is 63.5 Å². The van der Waals surface area contributed by atoms with E-state index in [4.69, 9.17) is 19.5 Å². The average Bonchev–Trinajstić information content (AvgIpc) is 2.66. The summed E-state index contributed by atoms with van der Waals surface area (Å²) in [5.74, 6) is 1.90. The van der Waals surface area contributed by atoms with E-state index in [9.17, 15) is 0 Å². The summed E-state index contributed by atoms with van der Waals surface area (Å²) in [6.07, 6.45) is 13.5. The Kier molecular flexibility index (Phi) is 9.85. The van der Waals surface area contributed by atoms with Gasteiger partial charge in [0.15, 0.2) is 11.5 Å². The monoisotopic (exact) mass is 346 g/mol. The lowest BCUT2D eigenvalue weighted by Gasteiger charge is -2.27. The van der Waals surface area contributed by atoms with Crippen molar-refractivity contribution in [1.82, 2.24) is 0 Å². The first kappa shape index (κ1) is 20.1. The lowest BCUT2D eigenvalue weighted by molar-refractivity contribution is 0.123. The van der Waals surface area contributed by atoms with Crippen LogP contribution < -0.4 is 9.47 Å².